The number of carbonyl (C=O) groups is 1. The van der Waals surface area contributed by atoms with Gasteiger partial charge in [-0.3, -0.25) is 4.79 Å². The Bertz CT molecular complexity index is 562. The van der Waals surface area contributed by atoms with Gasteiger partial charge in [0.1, 0.15) is 5.82 Å². The van der Waals surface area contributed by atoms with E-state index >= 15 is 0 Å². The van der Waals surface area contributed by atoms with Crippen LogP contribution in [0.4, 0.5) is 0 Å². The van der Waals surface area contributed by atoms with Crippen molar-refractivity contribution < 1.29 is 4.79 Å². The summed E-state index contributed by atoms with van der Waals surface area (Å²) >= 11 is 0. The van der Waals surface area contributed by atoms with Crippen LogP contribution in [0, 0.1) is 6.92 Å². The van der Waals surface area contributed by atoms with Crippen molar-refractivity contribution in [2.24, 2.45) is 5.73 Å². The summed E-state index contributed by atoms with van der Waals surface area (Å²) in [6.45, 7) is 3.28. The van der Waals surface area contributed by atoms with Gasteiger partial charge in [-0.15, -0.1) is 0 Å². The number of nitrogens with one attached hydrogen (secondary N) is 2. The molecule has 0 radical (unpaired) electrons. The van der Waals surface area contributed by atoms with Gasteiger partial charge in [0, 0.05) is 19.4 Å². The molecule has 5 heteroatoms. The maximum Gasteiger partial charge on any atom is 0.220 e. The van der Waals surface area contributed by atoms with Gasteiger partial charge in [-0.2, -0.15) is 0 Å². The smallest absolute Gasteiger partial charge is 0.220 e. The molecule has 2 rings (SSSR count). The number of H-pyrrole nitrogens is 1. The van der Waals surface area contributed by atoms with E-state index in [2.05, 4.69) is 15.3 Å². The molecular formula is C14H20N4O. The van der Waals surface area contributed by atoms with Crippen LogP contribution in [0.5, 0.6) is 0 Å². The summed E-state index contributed by atoms with van der Waals surface area (Å²) < 4.78 is 0. The predicted molar refractivity (Wildman–Crippen MR) is 75.8 cm³/mol. The molecule has 102 valence electrons. The van der Waals surface area contributed by atoms with E-state index in [1.165, 1.54) is 0 Å². The molecule has 0 saturated carbocycles. The molecule has 0 bridgehead atoms. The Morgan fingerprint density at radius 3 is 3.05 bits per heavy atom. The summed E-state index contributed by atoms with van der Waals surface area (Å²) in [4.78, 5) is 19.4. The lowest BCUT2D eigenvalue weighted by molar-refractivity contribution is -0.121. The molecule has 1 aromatic heterocycles. The number of hydrogen-bond donors (Lipinski definition) is 3. The highest BCUT2D eigenvalue weighted by Crippen LogP contribution is 2.15. The number of aryl methyl sites for hydroxylation is 2. The molecule has 0 spiro atoms. The molecule has 0 atom stereocenters. The summed E-state index contributed by atoms with van der Waals surface area (Å²) in [5.41, 5.74) is 8.53. The molecule has 0 aliphatic heterocycles. The third kappa shape index (κ3) is 3.54. The number of para-hydroxylation sites is 1. The first-order chi connectivity index (χ1) is 9.20. The molecule has 5 nitrogen and oxygen atoms in total. The minimum atomic E-state index is 0.0469. The van der Waals surface area contributed by atoms with Crippen LogP contribution >= 0.6 is 0 Å². The van der Waals surface area contributed by atoms with Crippen LogP contribution in [0.3, 0.4) is 0 Å². The molecule has 1 heterocycles. The first-order valence-corrected chi connectivity index (χ1v) is 6.61. The van der Waals surface area contributed by atoms with Gasteiger partial charge in [0.05, 0.1) is 11.0 Å². The predicted octanol–water partition coefficient (Wildman–Crippen LogP) is 1.27. The van der Waals surface area contributed by atoms with Gasteiger partial charge in [-0.25, -0.2) is 4.98 Å². The van der Waals surface area contributed by atoms with E-state index in [-0.39, 0.29) is 5.91 Å². The van der Waals surface area contributed by atoms with Crippen LogP contribution < -0.4 is 11.1 Å². The molecule has 0 saturated heterocycles. The van der Waals surface area contributed by atoms with E-state index in [1.54, 1.807) is 0 Å². The normalized spacial score (nSPS) is 10.8. The molecule has 1 aromatic carbocycles. The Labute approximate surface area is 112 Å². The number of fused-ring (bicyclic) bond motifs is 1. The molecule has 1 amide bonds. The Morgan fingerprint density at radius 2 is 2.32 bits per heavy atom. The monoisotopic (exact) mass is 260 g/mol. The van der Waals surface area contributed by atoms with E-state index in [0.717, 1.165) is 28.8 Å². The number of nitrogens with zero attached hydrogens (tertiary/aromatic N) is 1. The summed E-state index contributed by atoms with van der Waals surface area (Å²) in [7, 11) is 0. The van der Waals surface area contributed by atoms with Crippen LogP contribution in [0.15, 0.2) is 18.2 Å². The van der Waals surface area contributed by atoms with Gasteiger partial charge >= 0.3 is 0 Å². The van der Waals surface area contributed by atoms with Crippen molar-refractivity contribution in [3.63, 3.8) is 0 Å². The average molecular weight is 260 g/mol. The number of imidazole rings is 1. The largest absolute Gasteiger partial charge is 0.356 e. The average Bonchev–Trinajstić information content (AvgIpc) is 2.81. The van der Waals surface area contributed by atoms with E-state index in [1.807, 2.05) is 25.1 Å². The Hall–Kier alpha value is -1.88. The second-order valence-electron chi connectivity index (χ2n) is 4.65. The zero-order valence-electron chi connectivity index (χ0n) is 11.2. The number of nitrogens with two attached hydrogens (primary N) is 1. The van der Waals surface area contributed by atoms with Gasteiger partial charge in [0.15, 0.2) is 0 Å². The van der Waals surface area contributed by atoms with Crippen LogP contribution in [-0.2, 0) is 11.2 Å². The molecular weight excluding hydrogens is 240 g/mol. The second-order valence-corrected chi connectivity index (χ2v) is 4.65. The van der Waals surface area contributed by atoms with E-state index in [4.69, 9.17) is 5.73 Å². The number of rotatable bonds is 6. The van der Waals surface area contributed by atoms with Crippen molar-refractivity contribution in [1.82, 2.24) is 15.3 Å². The minimum Gasteiger partial charge on any atom is -0.356 e. The number of carbonyl (C=O) groups excluding carboxylic acids is 1. The summed E-state index contributed by atoms with van der Waals surface area (Å²) in [5, 5.41) is 2.84. The van der Waals surface area contributed by atoms with E-state index < -0.39 is 0 Å². The van der Waals surface area contributed by atoms with Crippen molar-refractivity contribution in [2.45, 2.75) is 26.2 Å². The van der Waals surface area contributed by atoms with Crippen molar-refractivity contribution in [1.29, 1.82) is 0 Å². The highest BCUT2D eigenvalue weighted by Gasteiger charge is 2.07. The third-order valence-corrected chi connectivity index (χ3v) is 3.06. The third-order valence-electron chi connectivity index (χ3n) is 3.06. The van der Waals surface area contributed by atoms with Crippen molar-refractivity contribution in [3.05, 3.63) is 29.6 Å². The molecule has 0 aliphatic carbocycles. The zero-order chi connectivity index (χ0) is 13.7. The number of aromatic nitrogens is 2. The lowest BCUT2D eigenvalue weighted by Crippen LogP contribution is -2.26. The van der Waals surface area contributed by atoms with Crippen molar-refractivity contribution in [3.8, 4) is 0 Å². The van der Waals surface area contributed by atoms with E-state index in [9.17, 15) is 4.79 Å². The van der Waals surface area contributed by atoms with Crippen LogP contribution in [0.2, 0.25) is 0 Å². The lowest BCUT2D eigenvalue weighted by atomic mass is 10.2. The molecule has 0 fully saturated rings. The minimum absolute atomic E-state index is 0.0469. The highest BCUT2D eigenvalue weighted by molar-refractivity contribution is 5.79. The van der Waals surface area contributed by atoms with Gasteiger partial charge in [0.2, 0.25) is 5.91 Å². The Morgan fingerprint density at radius 1 is 1.47 bits per heavy atom. The zero-order valence-corrected chi connectivity index (χ0v) is 11.2. The molecule has 19 heavy (non-hydrogen) atoms. The van der Waals surface area contributed by atoms with Crippen LogP contribution in [-0.4, -0.2) is 29.0 Å². The highest BCUT2D eigenvalue weighted by atomic mass is 16.1. The van der Waals surface area contributed by atoms with Crippen LogP contribution in [0.25, 0.3) is 11.0 Å². The van der Waals surface area contributed by atoms with Crippen LogP contribution in [0.1, 0.15) is 24.2 Å². The standard InChI is InChI=1S/C14H20N4O/c1-10-4-2-5-11-14(10)18-12(17-11)6-7-13(19)16-9-3-8-15/h2,4-5H,3,6-9,15H2,1H3,(H,16,19)(H,17,18). The fourth-order valence-corrected chi connectivity index (χ4v) is 2.00. The number of benzene rings is 1. The van der Waals surface area contributed by atoms with Crippen molar-refractivity contribution >= 4 is 16.9 Å². The topological polar surface area (TPSA) is 83.8 Å². The maximum atomic E-state index is 11.6. The first-order valence-electron chi connectivity index (χ1n) is 6.61. The Balaban J connectivity index is 1.91. The number of amides is 1. The number of hydrogen-bond acceptors (Lipinski definition) is 3. The van der Waals surface area contributed by atoms with Gasteiger partial charge in [0.25, 0.3) is 0 Å². The van der Waals surface area contributed by atoms with Crippen molar-refractivity contribution in [2.75, 3.05) is 13.1 Å². The SMILES string of the molecule is Cc1cccc2[nH]c(CCC(=O)NCCCN)nc12. The summed E-state index contributed by atoms with van der Waals surface area (Å²) in [6, 6.07) is 6.03. The maximum absolute atomic E-state index is 11.6. The molecule has 0 aliphatic rings. The van der Waals surface area contributed by atoms with Gasteiger partial charge in [-0.05, 0) is 31.5 Å². The lowest BCUT2D eigenvalue weighted by Gasteiger charge is -2.02. The summed E-state index contributed by atoms with van der Waals surface area (Å²) in [5.74, 6) is 0.906. The first kappa shape index (κ1) is 13.5. The molecule has 0 unspecified atom stereocenters. The summed E-state index contributed by atoms with van der Waals surface area (Å²) in [6.07, 6.45) is 1.89. The fourth-order valence-electron chi connectivity index (χ4n) is 2.00. The van der Waals surface area contributed by atoms with Gasteiger partial charge < -0.3 is 16.0 Å². The fraction of sp³-hybridized carbons (Fsp3) is 0.429. The van der Waals surface area contributed by atoms with E-state index in [0.29, 0.717) is 25.9 Å². The van der Waals surface area contributed by atoms with Gasteiger partial charge in [-0.1, -0.05) is 12.1 Å². The Kier molecular flexibility index (Phi) is 4.52. The second kappa shape index (κ2) is 6.33. The quantitative estimate of drug-likeness (QED) is 0.684. The molecule has 2 aromatic rings. The number of aromatic amines is 1. The molecule has 4 N–H and O–H groups in total.